The first-order valence-corrected chi connectivity index (χ1v) is 7.18. The Labute approximate surface area is 115 Å². The molecule has 1 N–H and O–H groups in total. The first-order valence-electron chi connectivity index (χ1n) is 7.18. The van der Waals surface area contributed by atoms with Crippen LogP contribution in [-0.4, -0.2) is 18.8 Å². The Morgan fingerprint density at radius 2 is 2.16 bits per heavy atom. The minimum atomic E-state index is 0.568. The van der Waals surface area contributed by atoms with Gasteiger partial charge in [0.15, 0.2) is 0 Å². The van der Waals surface area contributed by atoms with E-state index in [-0.39, 0.29) is 0 Å². The Morgan fingerprint density at radius 3 is 2.74 bits per heavy atom. The summed E-state index contributed by atoms with van der Waals surface area (Å²) in [5.74, 6) is 0.872. The summed E-state index contributed by atoms with van der Waals surface area (Å²) in [5, 5.41) is 3.54. The third-order valence-electron chi connectivity index (χ3n) is 4.37. The van der Waals surface area contributed by atoms with Crippen molar-refractivity contribution in [1.82, 2.24) is 5.32 Å². The van der Waals surface area contributed by atoms with Crippen molar-refractivity contribution in [3.05, 3.63) is 46.7 Å². The summed E-state index contributed by atoms with van der Waals surface area (Å²) in [5.41, 5.74) is 6.62. The summed E-state index contributed by atoms with van der Waals surface area (Å²) >= 11 is 0. The second-order valence-electron chi connectivity index (χ2n) is 5.84. The quantitative estimate of drug-likeness (QED) is 0.765. The number of hydrogen-bond acceptors (Lipinski definition) is 2. The SMILES string of the molecule is CN=C(C)C1=C(C)CC(C2=CNC(C3CC3)C=C2)=C1. The smallest absolute Gasteiger partial charge is 0.0470 e. The van der Waals surface area contributed by atoms with Gasteiger partial charge in [-0.25, -0.2) is 0 Å². The molecular formula is C17H22N2. The van der Waals surface area contributed by atoms with Crippen LogP contribution in [0.1, 0.15) is 33.1 Å². The zero-order chi connectivity index (χ0) is 13.4. The summed E-state index contributed by atoms with van der Waals surface area (Å²) in [6.07, 6.45) is 12.9. The van der Waals surface area contributed by atoms with E-state index in [1.807, 2.05) is 7.05 Å². The molecule has 0 saturated heterocycles. The Kier molecular flexibility index (Phi) is 3.17. The molecule has 0 aromatic carbocycles. The first-order chi connectivity index (χ1) is 9.19. The molecule has 1 unspecified atom stereocenters. The van der Waals surface area contributed by atoms with Gasteiger partial charge in [-0.3, -0.25) is 4.99 Å². The van der Waals surface area contributed by atoms with Crippen LogP contribution < -0.4 is 5.32 Å². The van der Waals surface area contributed by atoms with Gasteiger partial charge in [0.25, 0.3) is 0 Å². The van der Waals surface area contributed by atoms with Crippen molar-refractivity contribution in [3.8, 4) is 0 Å². The third-order valence-corrected chi connectivity index (χ3v) is 4.37. The number of rotatable bonds is 3. The van der Waals surface area contributed by atoms with Gasteiger partial charge in [-0.15, -0.1) is 0 Å². The molecule has 2 nitrogen and oxygen atoms in total. The molecule has 3 rings (SSSR count). The Morgan fingerprint density at radius 1 is 1.37 bits per heavy atom. The van der Waals surface area contributed by atoms with Gasteiger partial charge in [0.05, 0.1) is 0 Å². The highest BCUT2D eigenvalue weighted by molar-refractivity contribution is 6.02. The maximum absolute atomic E-state index is 4.31. The molecule has 2 aliphatic carbocycles. The monoisotopic (exact) mass is 254 g/mol. The fourth-order valence-corrected chi connectivity index (χ4v) is 2.89. The van der Waals surface area contributed by atoms with Crippen LogP contribution in [0.25, 0.3) is 0 Å². The van der Waals surface area contributed by atoms with Gasteiger partial charge in [0.2, 0.25) is 0 Å². The maximum atomic E-state index is 4.31. The molecule has 0 amide bonds. The lowest BCUT2D eigenvalue weighted by Gasteiger charge is -2.18. The minimum Gasteiger partial charge on any atom is -0.384 e. The zero-order valence-electron chi connectivity index (χ0n) is 12.0. The lowest BCUT2D eigenvalue weighted by atomic mass is 9.99. The van der Waals surface area contributed by atoms with Gasteiger partial charge in [0, 0.05) is 25.0 Å². The highest BCUT2D eigenvalue weighted by Crippen LogP contribution is 2.36. The largest absolute Gasteiger partial charge is 0.384 e. The van der Waals surface area contributed by atoms with E-state index in [9.17, 15) is 0 Å². The summed E-state index contributed by atoms with van der Waals surface area (Å²) < 4.78 is 0. The average Bonchev–Trinajstić information content (AvgIpc) is 3.21. The van der Waals surface area contributed by atoms with Crippen molar-refractivity contribution in [1.29, 1.82) is 0 Å². The molecule has 100 valence electrons. The molecule has 1 saturated carbocycles. The molecular weight excluding hydrogens is 232 g/mol. The predicted molar refractivity (Wildman–Crippen MR) is 81.3 cm³/mol. The second kappa shape index (κ2) is 4.84. The van der Waals surface area contributed by atoms with Gasteiger partial charge in [-0.05, 0) is 61.8 Å². The van der Waals surface area contributed by atoms with E-state index in [4.69, 9.17) is 0 Å². The van der Waals surface area contributed by atoms with E-state index < -0.39 is 0 Å². The average molecular weight is 254 g/mol. The highest BCUT2D eigenvalue weighted by Gasteiger charge is 2.30. The molecule has 1 aliphatic heterocycles. The lowest BCUT2D eigenvalue weighted by molar-refractivity contribution is 0.613. The number of nitrogens with zero attached hydrogens (tertiary/aromatic N) is 1. The maximum Gasteiger partial charge on any atom is 0.0470 e. The van der Waals surface area contributed by atoms with Gasteiger partial charge in [-0.2, -0.15) is 0 Å². The Hall–Kier alpha value is -1.57. The van der Waals surface area contributed by atoms with Gasteiger partial charge < -0.3 is 5.32 Å². The summed E-state index contributed by atoms with van der Waals surface area (Å²) in [6, 6.07) is 0.568. The highest BCUT2D eigenvalue weighted by atomic mass is 14.9. The number of aliphatic imine (C=N–C) groups is 1. The summed E-state index contributed by atoms with van der Waals surface area (Å²) in [4.78, 5) is 4.31. The number of allylic oxidation sites excluding steroid dienone is 6. The summed E-state index contributed by atoms with van der Waals surface area (Å²) in [6.45, 7) is 4.30. The van der Waals surface area contributed by atoms with Crippen molar-refractivity contribution < 1.29 is 0 Å². The fourth-order valence-electron chi connectivity index (χ4n) is 2.89. The molecule has 0 spiro atoms. The molecule has 0 aromatic rings. The van der Waals surface area contributed by atoms with Crippen molar-refractivity contribution in [2.75, 3.05) is 7.05 Å². The third kappa shape index (κ3) is 2.44. The standard InChI is InChI=1S/C17H22N2/c1-11-8-15(9-16(11)12(2)18-3)14-6-7-17(19-10-14)13-4-5-13/h6-7,9-10,13,17,19H,4-5,8H2,1-3H3. The molecule has 19 heavy (non-hydrogen) atoms. The molecule has 3 aliphatic rings. The van der Waals surface area contributed by atoms with Crippen molar-refractivity contribution in [3.63, 3.8) is 0 Å². The first kappa shape index (κ1) is 12.5. The van der Waals surface area contributed by atoms with Crippen LogP contribution >= 0.6 is 0 Å². The molecule has 1 heterocycles. The molecule has 0 aromatic heterocycles. The molecule has 0 radical (unpaired) electrons. The van der Waals surface area contributed by atoms with Crippen LogP contribution in [0.2, 0.25) is 0 Å². The van der Waals surface area contributed by atoms with E-state index >= 15 is 0 Å². The van der Waals surface area contributed by atoms with Crippen molar-refractivity contribution in [2.45, 2.75) is 39.2 Å². The van der Waals surface area contributed by atoms with E-state index in [0.29, 0.717) is 6.04 Å². The van der Waals surface area contributed by atoms with E-state index in [0.717, 1.165) is 18.1 Å². The molecule has 2 heteroatoms. The van der Waals surface area contributed by atoms with Crippen LogP contribution in [0.4, 0.5) is 0 Å². The topological polar surface area (TPSA) is 24.4 Å². The number of hydrogen-bond donors (Lipinski definition) is 1. The Balaban J connectivity index is 1.74. The van der Waals surface area contributed by atoms with Crippen LogP contribution in [0.3, 0.4) is 0 Å². The van der Waals surface area contributed by atoms with Crippen LogP contribution in [-0.2, 0) is 0 Å². The number of nitrogens with one attached hydrogen (secondary N) is 1. The van der Waals surface area contributed by atoms with Gasteiger partial charge >= 0.3 is 0 Å². The minimum absolute atomic E-state index is 0.568. The molecule has 0 bridgehead atoms. The van der Waals surface area contributed by atoms with Crippen molar-refractivity contribution in [2.24, 2.45) is 10.9 Å². The van der Waals surface area contributed by atoms with Crippen LogP contribution in [0.5, 0.6) is 0 Å². The lowest BCUT2D eigenvalue weighted by Crippen LogP contribution is -2.26. The van der Waals surface area contributed by atoms with E-state index in [2.05, 4.69) is 48.6 Å². The normalized spacial score (nSPS) is 27.3. The molecule has 1 atom stereocenters. The van der Waals surface area contributed by atoms with Gasteiger partial charge in [0.1, 0.15) is 0 Å². The van der Waals surface area contributed by atoms with Crippen LogP contribution in [0, 0.1) is 5.92 Å². The van der Waals surface area contributed by atoms with Crippen LogP contribution in [0.15, 0.2) is 51.7 Å². The number of dihydropyridines is 1. The Bertz CT molecular complexity index is 540. The van der Waals surface area contributed by atoms with E-state index in [1.165, 1.54) is 35.1 Å². The van der Waals surface area contributed by atoms with Crippen molar-refractivity contribution >= 4 is 5.71 Å². The molecule has 1 fully saturated rings. The summed E-state index contributed by atoms with van der Waals surface area (Å²) in [7, 11) is 1.86. The van der Waals surface area contributed by atoms with E-state index in [1.54, 1.807) is 0 Å². The fraction of sp³-hybridized carbons (Fsp3) is 0.471. The predicted octanol–water partition coefficient (Wildman–Crippen LogP) is 3.55. The second-order valence-corrected chi connectivity index (χ2v) is 5.84. The van der Waals surface area contributed by atoms with Gasteiger partial charge in [-0.1, -0.05) is 17.7 Å². The zero-order valence-corrected chi connectivity index (χ0v) is 12.0.